The fourth-order valence-corrected chi connectivity index (χ4v) is 2.16. The van der Waals surface area contributed by atoms with Gasteiger partial charge in [0.15, 0.2) is 0 Å². The summed E-state index contributed by atoms with van der Waals surface area (Å²) in [6.07, 6.45) is -9.94. The van der Waals surface area contributed by atoms with E-state index in [4.69, 9.17) is 14.9 Å². The summed E-state index contributed by atoms with van der Waals surface area (Å²) < 4.78 is 4.73. The van der Waals surface area contributed by atoms with Crippen molar-refractivity contribution in [2.24, 2.45) is 0 Å². The lowest BCUT2D eigenvalue weighted by molar-refractivity contribution is -0.332. The molecule has 1 aliphatic rings. The number of nitrogens with one attached hydrogen (secondary N) is 1. The molecule has 0 aromatic carbocycles. The molecule has 8 N–H and O–H groups in total. The molecular weight excluding hydrogens is 306 g/mol. The van der Waals surface area contributed by atoms with E-state index in [1.54, 1.807) is 0 Å². The standard InChI is InChI=1S/C11H19NO10/c1-3(14)12-5-7(17)9(18)11(21,10(19)20)22-8(5)6(16)4(15)2-13/h4-9,13,15-18,21H,2H2,1H3,(H,12,14)(H,19,20)/t4-,5-,6-,7-,8-,9?,11?/m1/s1. The van der Waals surface area contributed by atoms with E-state index in [1.807, 2.05) is 0 Å². The van der Waals surface area contributed by atoms with Gasteiger partial charge >= 0.3 is 5.97 Å². The van der Waals surface area contributed by atoms with Gasteiger partial charge in [0.2, 0.25) is 5.91 Å². The number of hydrogen-bond acceptors (Lipinski definition) is 9. The second-order valence-corrected chi connectivity index (χ2v) is 4.99. The molecular formula is C11H19NO10. The lowest BCUT2D eigenvalue weighted by Gasteiger charge is -2.47. The van der Waals surface area contributed by atoms with Crippen molar-refractivity contribution in [2.45, 2.75) is 49.3 Å². The Kier molecular flexibility index (Phi) is 5.81. The summed E-state index contributed by atoms with van der Waals surface area (Å²) in [5, 5.41) is 68.6. The van der Waals surface area contributed by atoms with Crippen molar-refractivity contribution in [3.63, 3.8) is 0 Å². The minimum Gasteiger partial charge on any atom is -0.477 e. The zero-order chi connectivity index (χ0) is 17.2. The second kappa shape index (κ2) is 6.83. The lowest BCUT2D eigenvalue weighted by atomic mass is 9.86. The SMILES string of the molecule is CC(=O)N[C@H]1[C@H]([C@H](O)[C@H](O)CO)OC(O)(C(=O)O)C(O)[C@@H]1O. The summed E-state index contributed by atoms with van der Waals surface area (Å²) in [6, 6.07) is -1.54. The molecule has 22 heavy (non-hydrogen) atoms. The molecule has 0 aromatic heterocycles. The molecule has 0 radical (unpaired) electrons. The largest absolute Gasteiger partial charge is 0.477 e. The number of carboxylic acid groups (broad SMARTS) is 1. The number of carbonyl (C=O) groups is 2. The lowest BCUT2D eigenvalue weighted by Crippen LogP contribution is -2.73. The summed E-state index contributed by atoms with van der Waals surface area (Å²) in [6.45, 7) is 0.112. The van der Waals surface area contributed by atoms with E-state index in [1.165, 1.54) is 0 Å². The number of ether oxygens (including phenoxy) is 1. The first-order valence-corrected chi connectivity index (χ1v) is 6.30. The number of aliphatic hydroxyl groups is 6. The van der Waals surface area contributed by atoms with Gasteiger partial charge in [-0.25, -0.2) is 4.79 Å². The molecule has 1 amide bonds. The molecule has 1 aliphatic heterocycles. The molecule has 0 bridgehead atoms. The van der Waals surface area contributed by atoms with E-state index in [0.717, 1.165) is 6.92 Å². The molecule has 11 heteroatoms. The van der Waals surface area contributed by atoms with Gasteiger partial charge < -0.3 is 45.8 Å². The van der Waals surface area contributed by atoms with E-state index in [0.29, 0.717) is 0 Å². The van der Waals surface area contributed by atoms with Gasteiger partial charge in [-0.05, 0) is 0 Å². The maximum Gasteiger partial charge on any atom is 0.367 e. The van der Waals surface area contributed by atoms with Crippen LogP contribution in [0.2, 0.25) is 0 Å². The van der Waals surface area contributed by atoms with E-state index in [9.17, 15) is 35.1 Å². The first kappa shape index (κ1) is 18.7. The molecule has 2 unspecified atom stereocenters. The number of aliphatic hydroxyl groups excluding tert-OH is 5. The van der Waals surface area contributed by atoms with Crippen molar-refractivity contribution in [3.05, 3.63) is 0 Å². The van der Waals surface area contributed by atoms with Gasteiger partial charge in [0.25, 0.3) is 5.79 Å². The minimum absolute atomic E-state index is 0.712. The second-order valence-electron chi connectivity index (χ2n) is 4.99. The van der Waals surface area contributed by atoms with E-state index in [-0.39, 0.29) is 0 Å². The Morgan fingerprint density at radius 3 is 2.27 bits per heavy atom. The third kappa shape index (κ3) is 3.35. The maximum absolute atomic E-state index is 11.1. The van der Waals surface area contributed by atoms with Gasteiger partial charge in [0.1, 0.15) is 30.5 Å². The summed E-state index contributed by atoms with van der Waals surface area (Å²) in [5.74, 6) is -6.03. The van der Waals surface area contributed by atoms with E-state index < -0.39 is 60.8 Å². The highest BCUT2D eigenvalue weighted by Gasteiger charge is 2.60. The molecule has 1 heterocycles. The van der Waals surface area contributed by atoms with Crippen LogP contribution in [0.5, 0.6) is 0 Å². The zero-order valence-electron chi connectivity index (χ0n) is 11.5. The Hall–Kier alpha value is -1.34. The smallest absolute Gasteiger partial charge is 0.367 e. The quantitative estimate of drug-likeness (QED) is 0.242. The van der Waals surface area contributed by atoms with Crippen LogP contribution in [-0.2, 0) is 14.3 Å². The molecule has 11 nitrogen and oxygen atoms in total. The molecule has 0 aliphatic carbocycles. The van der Waals surface area contributed by atoms with Crippen LogP contribution in [-0.4, -0.2) is 96.6 Å². The van der Waals surface area contributed by atoms with Crippen molar-refractivity contribution in [2.75, 3.05) is 6.61 Å². The van der Waals surface area contributed by atoms with Gasteiger partial charge in [0, 0.05) is 6.92 Å². The van der Waals surface area contributed by atoms with E-state index in [2.05, 4.69) is 5.32 Å². The van der Waals surface area contributed by atoms with Crippen LogP contribution in [0.4, 0.5) is 0 Å². The third-order valence-electron chi connectivity index (χ3n) is 3.36. The van der Waals surface area contributed by atoms with Gasteiger partial charge in [-0.1, -0.05) is 0 Å². The van der Waals surface area contributed by atoms with Crippen LogP contribution < -0.4 is 5.32 Å². The monoisotopic (exact) mass is 325 g/mol. The average molecular weight is 325 g/mol. The Balaban J connectivity index is 3.19. The summed E-state index contributed by atoms with van der Waals surface area (Å²) in [4.78, 5) is 22.2. The average Bonchev–Trinajstić information content (AvgIpc) is 2.45. The highest BCUT2D eigenvalue weighted by molar-refractivity contribution is 5.77. The van der Waals surface area contributed by atoms with Crippen LogP contribution in [0.25, 0.3) is 0 Å². The van der Waals surface area contributed by atoms with Gasteiger partial charge in [-0.3, -0.25) is 4.79 Å². The molecule has 0 aromatic rings. The fraction of sp³-hybridized carbons (Fsp3) is 0.818. The molecule has 1 fully saturated rings. The fourth-order valence-electron chi connectivity index (χ4n) is 2.16. The van der Waals surface area contributed by atoms with Crippen LogP contribution in [0.15, 0.2) is 0 Å². The Morgan fingerprint density at radius 2 is 1.86 bits per heavy atom. The molecule has 0 saturated carbocycles. The summed E-state index contributed by atoms with van der Waals surface area (Å²) in [7, 11) is 0. The number of carboxylic acids is 1. The van der Waals surface area contributed by atoms with Crippen molar-refractivity contribution >= 4 is 11.9 Å². The highest BCUT2D eigenvalue weighted by atomic mass is 16.7. The van der Waals surface area contributed by atoms with Crippen molar-refractivity contribution in [1.82, 2.24) is 5.32 Å². The topological polar surface area (TPSA) is 197 Å². The number of rotatable bonds is 5. The maximum atomic E-state index is 11.1. The van der Waals surface area contributed by atoms with Gasteiger partial charge in [-0.15, -0.1) is 0 Å². The third-order valence-corrected chi connectivity index (χ3v) is 3.36. The predicted octanol–water partition coefficient (Wildman–Crippen LogP) is -4.90. The predicted molar refractivity (Wildman–Crippen MR) is 66.2 cm³/mol. The Morgan fingerprint density at radius 1 is 1.32 bits per heavy atom. The van der Waals surface area contributed by atoms with Crippen molar-refractivity contribution in [3.8, 4) is 0 Å². The van der Waals surface area contributed by atoms with E-state index >= 15 is 0 Å². The molecule has 0 spiro atoms. The van der Waals surface area contributed by atoms with Crippen LogP contribution in [0.3, 0.4) is 0 Å². The van der Waals surface area contributed by atoms with Crippen LogP contribution in [0.1, 0.15) is 6.92 Å². The minimum atomic E-state index is -3.27. The van der Waals surface area contributed by atoms with Crippen molar-refractivity contribution in [1.29, 1.82) is 0 Å². The van der Waals surface area contributed by atoms with Gasteiger partial charge in [0.05, 0.1) is 12.6 Å². The Labute approximate surface area is 124 Å². The first-order chi connectivity index (χ1) is 10.1. The van der Waals surface area contributed by atoms with Crippen LogP contribution >= 0.6 is 0 Å². The molecule has 7 atom stereocenters. The number of aliphatic carboxylic acids is 1. The number of carbonyl (C=O) groups excluding carboxylic acids is 1. The van der Waals surface area contributed by atoms with Gasteiger partial charge in [-0.2, -0.15) is 0 Å². The molecule has 128 valence electrons. The number of amides is 1. The highest BCUT2D eigenvalue weighted by Crippen LogP contribution is 2.31. The Bertz CT molecular complexity index is 431. The molecule has 1 saturated heterocycles. The number of hydrogen-bond donors (Lipinski definition) is 8. The summed E-state index contributed by atoms with van der Waals surface area (Å²) >= 11 is 0. The van der Waals surface area contributed by atoms with Crippen molar-refractivity contribution < 1.29 is 50.1 Å². The zero-order valence-corrected chi connectivity index (χ0v) is 11.5. The summed E-state index contributed by atoms with van der Waals surface area (Å²) in [5.41, 5.74) is 0. The first-order valence-electron chi connectivity index (χ1n) is 6.30. The normalized spacial score (nSPS) is 38.1. The molecule has 1 rings (SSSR count). The van der Waals surface area contributed by atoms with Crippen LogP contribution in [0, 0.1) is 0 Å².